The summed E-state index contributed by atoms with van der Waals surface area (Å²) in [6, 6.07) is 6.40. The van der Waals surface area contributed by atoms with E-state index in [1.807, 2.05) is 4.90 Å². The number of carbonyl (C=O) groups is 1. The minimum absolute atomic E-state index is 0.0460. The maximum atomic E-state index is 13.7. The van der Waals surface area contributed by atoms with Crippen LogP contribution in [-0.2, 0) is 0 Å². The standard InChI is InChI=1S/C18H19F2N3O2/c19-14-1-2-16(20)15(11-14)17(24)12-22-7-9-23(10-8-22)18(25)13-3-5-21-6-4-13/h1-6,11,17,24H,7-10,12H2. The number of carbonyl (C=O) groups excluding carboxylic acids is 1. The fraction of sp³-hybridized carbons (Fsp3) is 0.333. The van der Waals surface area contributed by atoms with Gasteiger partial charge < -0.3 is 10.0 Å². The molecule has 1 aliphatic heterocycles. The number of aromatic nitrogens is 1. The van der Waals surface area contributed by atoms with Gasteiger partial charge in [0.25, 0.3) is 5.91 Å². The van der Waals surface area contributed by atoms with Crippen molar-refractivity contribution in [2.75, 3.05) is 32.7 Å². The van der Waals surface area contributed by atoms with E-state index in [9.17, 15) is 18.7 Å². The summed E-state index contributed by atoms with van der Waals surface area (Å²) in [4.78, 5) is 19.9. The van der Waals surface area contributed by atoms with Crippen LogP contribution in [0.3, 0.4) is 0 Å². The lowest BCUT2D eigenvalue weighted by Gasteiger charge is -2.35. The van der Waals surface area contributed by atoms with Crippen molar-refractivity contribution in [2.45, 2.75) is 6.10 Å². The summed E-state index contributed by atoms with van der Waals surface area (Å²) >= 11 is 0. The first-order valence-electron chi connectivity index (χ1n) is 8.09. The van der Waals surface area contributed by atoms with Crippen LogP contribution in [0.2, 0.25) is 0 Å². The Morgan fingerprint density at radius 3 is 2.48 bits per heavy atom. The third-order valence-corrected chi connectivity index (χ3v) is 4.33. The Hall–Kier alpha value is -2.38. The third kappa shape index (κ3) is 4.18. The second-order valence-corrected chi connectivity index (χ2v) is 6.01. The zero-order valence-electron chi connectivity index (χ0n) is 13.6. The second kappa shape index (κ2) is 7.67. The van der Waals surface area contributed by atoms with Gasteiger partial charge in [-0.25, -0.2) is 8.78 Å². The van der Waals surface area contributed by atoms with Crippen LogP contribution in [0.5, 0.6) is 0 Å². The number of hydrogen-bond donors (Lipinski definition) is 1. The molecule has 0 bridgehead atoms. The van der Waals surface area contributed by atoms with Crippen molar-refractivity contribution >= 4 is 5.91 Å². The van der Waals surface area contributed by atoms with Crippen molar-refractivity contribution in [3.8, 4) is 0 Å². The molecule has 7 heteroatoms. The van der Waals surface area contributed by atoms with Crippen LogP contribution in [0.1, 0.15) is 22.0 Å². The van der Waals surface area contributed by atoms with Crippen molar-refractivity contribution in [3.05, 3.63) is 65.5 Å². The molecule has 1 fully saturated rings. The van der Waals surface area contributed by atoms with E-state index < -0.39 is 17.7 Å². The van der Waals surface area contributed by atoms with Crippen molar-refractivity contribution in [1.82, 2.24) is 14.8 Å². The van der Waals surface area contributed by atoms with Gasteiger partial charge in [0.15, 0.2) is 0 Å². The lowest BCUT2D eigenvalue weighted by atomic mass is 10.1. The number of amides is 1. The third-order valence-electron chi connectivity index (χ3n) is 4.33. The molecule has 1 unspecified atom stereocenters. The minimum Gasteiger partial charge on any atom is -0.387 e. The van der Waals surface area contributed by atoms with Crippen LogP contribution in [0.25, 0.3) is 0 Å². The quantitative estimate of drug-likeness (QED) is 0.917. The molecular weight excluding hydrogens is 328 g/mol. The Kier molecular flexibility index (Phi) is 5.35. The number of benzene rings is 1. The first kappa shape index (κ1) is 17.4. The van der Waals surface area contributed by atoms with Gasteiger partial charge in [-0.15, -0.1) is 0 Å². The molecule has 132 valence electrons. The average Bonchev–Trinajstić information content (AvgIpc) is 2.64. The summed E-state index contributed by atoms with van der Waals surface area (Å²) < 4.78 is 27.0. The van der Waals surface area contributed by atoms with Gasteiger partial charge in [0, 0.05) is 56.2 Å². The predicted octanol–water partition coefficient (Wildman–Crippen LogP) is 1.85. The van der Waals surface area contributed by atoms with Crippen LogP contribution >= 0.6 is 0 Å². The van der Waals surface area contributed by atoms with Crippen LogP contribution in [0.4, 0.5) is 8.78 Å². The second-order valence-electron chi connectivity index (χ2n) is 6.01. The summed E-state index contributed by atoms with van der Waals surface area (Å²) in [5.74, 6) is -1.26. The largest absolute Gasteiger partial charge is 0.387 e. The highest BCUT2D eigenvalue weighted by Crippen LogP contribution is 2.20. The normalized spacial score (nSPS) is 16.7. The van der Waals surface area contributed by atoms with Crippen molar-refractivity contribution in [1.29, 1.82) is 0 Å². The monoisotopic (exact) mass is 347 g/mol. The van der Waals surface area contributed by atoms with Gasteiger partial charge in [-0.05, 0) is 30.3 Å². The molecule has 2 heterocycles. The van der Waals surface area contributed by atoms with Gasteiger partial charge in [0.05, 0.1) is 6.10 Å². The van der Waals surface area contributed by atoms with E-state index in [0.717, 1.165) is 18.2 Å². The minimum atomic E-state index is -1.11. The van der Waals surface area contributed by atoms with Crippen LogP contribution in [-0.4, -0.2) is 58.5 Å². The number of aliphatic hydroxyl groups excluding tert-OH is 1. The van der Waals surface area contributed by atoms with Gasteiger partial charge in [-0.2, -0.15) is 0 Å². The molecule has 3 rings (SSSR count). The molecule has 1 saturated heterocycles. The van der Waals surface area contributed by atoms with Crippen LogP contribution < -0.4 is 0 Å². The Morgan fingerprint density at radius 2 is 1.80 bits per heavy atom. The van der Waals surface area contributed by atoms with Gasteiger partial charge >= 0.3 is 0 Å². The Morgan fingerprint density at radius 1 is 1.12 bits per heavy atom. The Labute approximate surface area is 144 Å². The van der Waals surface area contributed by atoms with E-state index >= 15 is 0 Å². The molecule has 0 radical (unpaired) electrons. The maximum absolute atomic E-state index is 13.7. The zero-order valence-corrected chi connectivity index (χ0v) is 13.6. The molecule has 1 atom stereocenters. The molecule has 5 nitrogen and oxygen atoms in total. The molecular formula is C18H19F2N3O2. The number of rotatable bonds is 4. The molecule has 2 aromatic rings. The number of hydrogen-bond acceptors (Lipinski definition) is 4. The summed E-state index contributed by atoms with van der Waals surface area (Å²) in [6.45, 7) is 2.34. The van der Waals surface area contributed by atoms with Crippen LogP contribution in [0.15, 0.2) is 42.7 Å². The number of pyridine rings is 1. The van der Waals surface area contributed by atoms with Crippen LogP contribution in [0, 0.1) is 11.6 Å². The number of piperazine rings is 1. The van der Waals surface area contributed by atoms with E-state index in [1.54, 1.807) is 29.4 Å². The zero-order chi connectivity index (χ0) is 17.8. The number of halogens is 2. The van der Waals surface area contributed by atoms with Gasteiger partial charge in [-0.3, -0.25) is 14.7 Å². The SMILES string of the molecule is O=C(c1ccncc1)N1CCN(CC(O)c2cc(F)ccc2F)CC1. The molecule has 0 spiro atoms. The van der Waals surface area contributed by atoms with E-state index in [2.05, 4.69) is 4.98 Å². The van der Waals surface area contributed by atoms with Gasteiger partial charge in [0.2, 0.25) is 0 Å². The average molecular weight is 347 g/mol. The van der Waals surface area contributed by atoms with E-state index in [1.165, 1.54) is 0 Å². The maximum Gasteiger partial charge on any atom is 0.254 e. The first-order valence-corrected chi connectivity index (χ1v) is 8.09. The molecule has 25 heavy (non-hydrogen) atoms. The summed E-state index contributed by atoms with van der Waals surface area (Å²) in [7, 11) is 0. The van der Waals surface area contributed by atoms with E-state index in [0.29, 0.717) is 31.7 Å². The van der Waals surface area contributed by atoms with Crippen molar-refractivity contribution < 1.29 is 18.7 Å². The molecule has 0 saturated carbocycles. The summed E-state index contributed by atoms with van der Waals surface area (Å²) in [5, 5.41) is 10.2. The Bertz CT molecular complexity index is 734. The molecule has 1 amide bonds. The van der Waals surface area contributed by atoms with Crippen molar-refractivity contribution in [2.24, 2.45) is 0 Å². The fourth-order valence-corrected chi connectivity index (χ4v) is 2.92. The lowest BCUT2D eigenvalue weighted by Crippen LogP contribution is -2.49. The number of aliphatic hydroxyl groups is 1. The smallest absolute Gasteiger partial charge is 0.254 e. The predicted molar refractivity (Wildman–Crippen MR) is 87.9 cm³/mol. The highest BCUT2D eigenvalue weighted by atomic mass is 19.1. The highest BCUT2D eigenvalue weighted by molar-refractivity contribution is 5.94. The fourth-order valence-electron chi connectivity index (χ4n) is 2.92. The van der Waals surface area contributed by atoms with Gasteiger partial charge in [-0.1, -0.05) is 0 Å². The molecule has 1 aromatic heterocycles. The number of nitrogens with zero attached hydrogens (tertiary/aromatic N) is 3. The first-order chi connectivity index (χ1) is 12.0. The molecule has 1 aliphatic rings. The summed E-state index contributed by atoms with van der Waals surface area (Å²) in [6.07, 6.45) is 2.04. The topological polar surface area (TPSA) is 56.7 Å². The molecule has 1 N–H and O–H groups in total. The van der Waals surface area contributed by atoms with E-state index in [4.69, 9.17) is 0 Å². The Balaban J connectivity index is 1.56. The lowest BCUT2D eigenvalue weighted by molar-refractivity contribution is 0.0521. The molecule has 0 aliphatic carbocycles. The summed E-state index contributed by atoms with van der Waals surface area (Å²) in [5.41, 5.74) is 0.542. The van der Waals surface area contributed by atoms with E-state index in [-0.39, 0.29) is 18.0 Å². The van der Waals surface area contributed by atoms with Crippen molar-refractivity contribution in [3.63, 3.8) is 0 Å². The molecule has 1 aromatic carbocycles. The van der Waals surface area contributed by atoms with Gasteiger partial charge in [0.1, 0.15) is 11.6 Å². The highest BCUT2D eigenvalue weighted by Gasteiger charge is 2.24. The number of β-amino-alcohol motifs (C(OH)–C–C–N with tert-alkyl or cyclic N) is 1.